The molecule has 1 aliphatic heterocycles. The maximum atomic E-state index is 10.6. The molecule has 0 aromatic rings. The zero-order chi connectivity index (χ0) is 8.27. The average Bonchev–Trinajstić information content (AvgIpc) is 1.85. The highest BCUT2D eigenvalue weighted by Gasteiger charge is 2.23. The van der Waals surface area contributed by atoms with Crippen LogP contribution in [0.1, 0.15) is 6.42 Å². The van der Waals surface area contributed by atoms with Gasteiger partial charge in [0.25, 0.3) is 0 Å². The van der Waals surface area contributed by atoms with Crippen molar-refractivity contribution in [1.29, 1.82) is 0 Å². The second kappa shape index (κ2) is 4.36. The van der Waals surface area contributed by atoms with E-state index in [1.54, 1.807) is 0 Å². The Kier molecular flexibility index (Phi) is 3.72. The van der Waals surface area contributed by atoms with Gasteiger partial charge in [-0.3, -0.25) is 18.2 Å². The Bertz CT molecular complexity index is 169. The van der Waals surface area contributed by atoms with Gasteiger partial charge in [-0.05, 0) is 6.54 Å². The third-order valence-corrected chi connectivity index (χ3v) is 3.27. The highest BCUT2D eigenvalue weighted by atomic mass is 31.2. The molecule has 6 nitrogen and oxygen atoms in total. The standard InChI is InChI=1S/C3H9NO5P2/c4-2-1-3-7-10(5)9-11(6)8-3/h3,10-11H,1-2,4H2. The van der Waals surface area contributed by atoms with E-state index >= 15 is 0 Å². The van der Waals surface area contributed by atoms with Gasteiger partial charge in [-0.15, -0.1) is 0 Å². The lowest BCUT2D eigenvalue weighted by atomic mass is 10.4. The van der Waals surface area contributed by atoms with Crippen LogP contribution in [0, 0.1) is 0 Å². The van der Waals surface area contributed by atoms with Gasteiger partial charge >= 0.3 is 16.5 Å². The molecule has 66 valence electrons. The van der Waals surface area contributed by atoms with E-state index in [9.17, 15) is 9.13 Å². The number of nitrogens with two attached hydrogens (primary N) is 1. The highest BCUT2D eigenvalue weighted by molar-refractivity contribution is 7.48. The van der Waals surface area contributed by atoms with Crippen molar-refractivity contribution < 1.29 is 22.5 Å². The third kappa shape index (κ3) is 3.03. The fourth-order valence-electron chi connectivity index (χ4n) is 0.609. The molecule has 2 atom stereocenters. The molecular formula is C3H9NO5P2. The van der Waals surface area contributed by atoms with Gasteiger partial charge in [0.15, 0.2) is 6.29 Å². The van der Waals surface area contributed by atoms with Gasteiger partial charge in [0.2, 0.25) is 0 Å². The normalized spacial score (nSPS) is 38.8. The van der Waals surface area contributed by atoms with Crippen LogP contribution in [0.4, 0.5) is 0 Å². The predicted molar refractivity (Wildman–Crippen MR) is 38.7 cm³/mol. The fourth-order valence-corrected chi connectivity index (χ4v) is 2.40. The largest absolute Gasteiger partial charge is 0.330 e. The van der Waals surface area contributed by atoms with E-state index < -0.39 is 22.8 Å². The molecule has 0 radical (unpaired) electrons. The van der Waals surface area contributed by atoms with Crippen molar-refractivity contribution >= 4 is 16.5 Å². The van der Waals surface area contributed by atoms with Crippen molar-refractivity contribution in [3.8, 4) is 0 Å². The van der Waals surface area contributed by atoms with E-state index in [-0.39, 0.29) is 0 Å². The van der Waals surface area contributed by atoms with Gasteiger partial charge in [-0.25, -0.2) is 4.31 Å². The molecule has 0 saturated carbocycles. The molecule has 0 aromatic heterocycles. The summed E-state index contributed by atoms with van der Waals surface area (Å²) in [6, 6.07) is 0. The monoisotopic (exact) mass is 201 g/mol. The fraction of sp³-hybridized carbons (Fsp3) is 1.00. The average molecular weight is 201 g/mol. The molecule has 1 saturated heterocycles. The smallest absolute Gasteiger partial charge is 0.328 e. The molecule has 0 aromatic carbocycles. The van der Waals surface area contributed by atoms with Crippen molar-refractivity contribution in [2.75, 3.05) is 6.54 Å². The Balaban J connectivity index is 2.43. The van der Waals surface area contributed by atoms with Crippen LogP contribution in [0.25, 0.3) is 0 Å². The summed E-state index contributed by atoms with van der Waals surface area (Å²) in [5, 5.41) is 0. The van der Waals surface area contributed by atoms with E-state index in [2.05, 4.69) is 13.4 Å². The lowest BCUT2D eigenvalue weighted by Crippen LogP contribution is -2.18. The molecule has 2 N–H and O–H groups in total. The van der Waals surface area contributed by atoms with Crippen molar-refractivity contribution in [3.05, 3.63) is 0 Å². The van der Waals surface area contributed by atoms with Crippen molar-refractivity contribution in [2.45, 2.75) is 12.7 Å². The Morgan fingerprint density at radius 3 is 2.27 bits per heavy atom. The summed E-state index contributed by atoms with van der Waals surface area (Å²) in [7, 11) is -5.22. The second-order valence-electron chi connectivity index (χ2n) is 1.84. The first-order valence-electron chi connectivity index (χ1n) is 3.01. The molecule has 0 amide bonds. The number of rotatable bonds is 2. The lowest BCUT2D eigenvalue weighted by molar-refractivity contribution is -0.0187. The zero-order valence-corrected chi connectivity index (χ0v) is 7.61. The summed E-state index contributed by atoms with van der Waals surface area (Å²) in [5.41, 5.74) is 5.17. The maximum absolute atomic E-state index is 10.6. The Hall–Kier alpha value is 0.300. The van der Waals surface area contributed by atoms with E-state index in [1.165, 1.54) is 0 Å². The molecule has 1 aliphatic rings. The second-order valence-corrected chi connectivity index (χ2v) is 4.13. The van der Waals surface area contributed by atoms with Crippen LogP contribution in [-0.2, 0) is 22.5 Å². The molecule has 0 bridgehead atoms. The minimum atomic E-state index is -2.61. The van der Waals surface area contributed by atoms with Crippen LogP contribution in [0.15, 0.2) is 0 Å². The van der Waals surface area contributed by atoms with Gasteiger partial charge in [-0.2, -0.15) is 0 Å². The first kappa shape index (κ1) is 9.39. The summed E-state index contributed by atoms with van der Waals surface area (Å²) < 4.78 is 34.8. The topological polar surface area (TPSA) is 87.9 Å². The Morgan fingerprint density at radius 2 is 1.82 bits per heavy atom. The maximum Gasteiger partial charge on any atom is 0.328 e. The summed E-state index contributed by atoms with van der Waals surface area (Å²) in [5.74, 6) is 0. The van der Waals surface area contributed by atoms with Crippen molar-refractivity contribution in [3.63, 3.8) is 0 Å². The molecule has 11 heavy (non-hydrogen) atoms. The van der Waals surface area contributed by atoms with Crippen LogP contribution in [0.3, 0.4) is 0 Å². The van der Waals surface area contributed by atoms with Crippen LogP contribution < -0.4 is 5.73 Å². The SMILES string of the molecule is NCCC1O[PH](=O)O[PH](=O)O1. The van der Waals surface area contributed by atoms with Gasteiger partial charge < -0.3 is 5.73 Å². The Labute approximate surface area is 64.9 Å². The van der Waals surface area contributed by atoms with E-state index in [0.717, 1.165) is 0 Å². The number of hydrogen-bond acceptors (Lipinski definition) is 6. The minimum absolute atomic E-state index is 0.328. The molecule has 8 heteroatoms. The molecule has 1 fully saturated rings. The first-order chi connectivity index (χ1) is 5.22. The molecule has 2 unspecified atom stereocenters. The summed E-state index contributed by atoms with van der Waals surface area (Å²) >= 11 is 0. The van der Waals surface area contributed by atoms with Gasteiger partial charge in [0.05, 0.1) is 0 Å². The first-order valence-corrected chi connectivity index (χ1v) is 5.46. The zero-order valence-electron chi connectivity index (χ0n) is 5.61. The van der Waals surface area contributed by atoms with Crippen LogP contribution in [0.2, 0.25) is 0 Å². The minimum Gasteiger partial charge on any atom is -0.330 e. The van der Waals surface area contributed by atoms with Crippen molar-refractivity contribution in [2.24, 2.45) is 5.73 Å². The molecule has 0 spiro atoms. The molecule has 1 rings (SSSR count). The van der Waals surface area contributed by atoms with Crippen LogP contribution >= 0.6 is 16.5 Å². The van der Waals surface area contributed by atoms with Gasteiger partial charge in [0, 0.05) is 6.42 Å². The van der Waals surface area contributed by atoms with Crippen LogP contribution in [0.5, 0.6) is 0 Å². The molecule has 1 heterocycles. The summed E-state index contributed by atoms with van der Waals surface area (Å²) in [6.07, 6.45) is -0.359. The lowest BCUT2D eigenvalue weighted by Gasteiger charge is -2.20. The summed E-state index contributed by atoms with van der Waals surface area (Å²) in [4.78, 5) is 0. The molecule has 0 aliphatic carbocycles. The van der Waals surface area contributed by atoms with Crippen LogP contribution in [-0.4, -0.2) is 12.8 Å². The van der Waals surface area contributed by atoms with Crippen molar-refractivity contribution in [1.82, 2.24) is 0 Å². The molecular weight excluding hydrogens is 192 g/mol. The quantitative estimate of drug-likeness (QED) is 0.654. The summed E-state index contributed by atoms with van der Waals surface area (Å²) in [6.45, 7) is 0.328. The predicted octanol–water partition coefficient (Wildman–Crippen LogP) is 0.504. The van der Waals surface area contributed by atoms with E-state index in [0.29, 0.717) is 13.0 Å². The van der Waals surface area contributed by atoms with Gasteiger partial charge in [0.1, 0.15) is 0 Å². The highest BCUT2D eigenvalue weighted by Crippen LogP contribution is 2.47. The number of hydrogen-bond donors (Lipinski definition) is 1. The third-order valence-electron chi connectivity index (χ3n) is 1.02. The Morgan fingerprint density at radius 1 is 1.27 bits per heavy atom. The van der Waals surface area contributed by atoms with E-state index in [4.69, 9.17) is 5.73 Å². The van der Waals surface area contributed by atoms with E-state index in [1.807, 2.05) is 0 Å². The van der Waals surface area contributed by atoms with Gasteiger partial charge in [-0.1, -0.05) is 0 Å².